The van der Waals surface area contributed by atoms with Gasteiger partial charge in [-0.1, -0.05) is 32.9 Å². The molecule has 0 unspecified atom stereocenters. The summed E-state index contributed by atoms with van der Waals surface area (Å²) in [5, 5.41) is 0. The number of hydrogen-bond acceptors (Lipinski definition) is 4. The van der Waals surface area contributed by atoms with Crippen LogP contribution in [0.4, 0.5) is 0 Å². The van der Waals surface area contributed by atoms with Crippen LogP contribution in [0.15, 0.2) is 46.9 Å². The van der Waals surface area contributed by atoms with Crippen molar-refractivity contribution < 1.29 is 19.1 Å². The number of hydrazine groups is 1. The molecule has 0 aliphatic carbocycles. The highest BCUT2D eigenvalue weighted by Crippen LogP contribution is 2.26. The van der Waals surface area contributed by atoms with Gasteiger partial charge in [-0.05, 0) is 58.6 Å². The molecule has 0 heterocycles. The van der Waals surface area contributed by atoms with Crippen molar-refractivity contribution in [3.8, 4) is 11.5 Å². The third-order valence-corrected chi connectivity index (χ3v) is 4.27. The molecule has 0 radical (unpaired) electrons. The van der Waals surface area contributed by atoms with E-state index in [1.54, 1.807) is 42.5 Å². The van der Waals surface area contributed by atoms with Gasteiger partial charge in [0.05, 0.1) is 23.2 Å². The molecule has 6 nitrogen and oxygen atoms in total. The zero-order chi connectivity index (χ0) is 20.5. The number of nitrogens with one attached hydrogen (secondary N) is 2. The van der Waals surface area contributed by atoms with Crippen LogP contribution in [0.2, 0.25) is 0 Å². The van der Waals surface area contributed by atoms with Crippen molar-refractivity contribution in [3.05, 3.63) is 58.1 Å². The first kappa shape index (κ1) is 21.8. The van der Waals surface area contributed by atoms with E-state index in [1.807, 2.05) is 6.92 Å². The molecule has 0 aromatic heterocycles. The first-order chi connectivity index (χ1) is 13.4. The van der Waals surface area contributed by atoms with Crippen LogP contribution in [0.25, 0.3) is 0 Å². The Labute approximate surface area is 173 Å². The zero-order valence-electron chi connectivity index (χ0n) is 16.3. The third-order valence-electron chi connectivity index (χ3n) is 3.65. The highest BCUT2D eigenvalue weighted by Gasteiger charge is 2.14. The topological polar surface area (TPSA) is 76.7 Å². The van der Waals surface area contributed by atoms with Crippen LogP contribution in [0.3, 0.4) is 0 Å². The maximum absolute atomic E-state index is 12.4. The molecule has 0 saturated carbocycles. The van der Waals surface area contributed by atoms with Crippen molar-refractivity contribution >= 4 is 27.7 Å². The normalized spacial score (nSPS) is 10.5. The van der Waals surface area contributed by atoms with Gasteiger partial charge in [-0.15, -0.1) is 0 Å². The summed E-state index contributed by atoms with van der Waals surface area (Å²) in [4.78, 5) is 24.7. The molecule has 2 aromatic rings. The standard InChI is InChI=1S/C21H25BrN2O4/c1-4-11-27-18-8-6-5-7-16(18)21(26)24-23-20(25)15-9-10-19(17(22)12-15)28-13-14(2)3/h5-10,12,14H,4,11,13H2,1-3H3,(H,23,25)(H,24,26). The quantitative estimate of drug-likeness (QED) is 0.588. The van der Waals surface area contributed by atoms with Crippen LogP contribution in [0.1, 0.15) is 47.9 Å². The summed E-state index contributed by atoms with van der Waals surface area (Å²) < 4.78 is 11.9. The lowest BCUT2D eigenvalue weighted by molar-refractivity contribution is 0.0844. The Hall–Kier alpha value is -2.54. The highest BCUT2D eigenvalue weighted by molar-refractivity contribution is 9.10. The van der Waals surface area contributed by atoms with E-state index in [2.05, 4.69) is 40.6 Å². The average Bonchev–Trinajstić information content (AvgIpc) is 2.69. The largest absolute Gasteiger partial charge is 0.493 e. The number of amides is 2. The molecule has 2 amide bonds. The number of ether oxygens (including phenoxy) is 2. The minimum absolute atomic E-state index is 0.356. The van der Waals surface area contributed by atoms with Crippen molar-refractivity contribution in [2.24, 2.45) is 5.92 Å². The lowest BCUT2D eigenvalue weighted by Crippen LogP contribution is -2.41. The molecule has 0 fully saturated rings. The van der Waals surface area contributed by atoms with Gasteiger partial charge in [0, 0.05) is 5.56 Å². The van der Waals surface area contributed by atoms with Crippen molar-refractivity contribution in [1.82, 2.24) is 10.9 Å². The second-order valence-corrected chi connectivity index (χ2v) is 7.46. The predicted molar refractivity (Wildman–Crippen MR) is 112 cm³/mol. The maximum atomic E-state index is 12.4. The molecule has 0 bridgehead atoms. The van der Waals surface area contributed by atoms with E-state index >= 15 is 0 Å². The Morgan fingerprint density at radius 3 is 2.39 bits per heavy atom. The molecule has 0 aliphatic rings. The maximum Gasteiger partial charge on any atom is 0.273 e. The number of benzene rings is 2. The molecule has 2 N–H and O–H groups in total. The molecule has 2 rings (SSSR count). The van der Waals surface area contributed by atoms with Gasteiger partial charge in [0.25, 0.3) is 11.8 Å². The number of carbonyl (C=O) groups is 2. The fourth-order valence-electron chi connectivity index (χ4n) is 2.26. The van der Waals surface area contributed by atoms with Gasteiger partial charge in [-0.3, -0.25) is 20.4 Å². The molecular weight excluding hydrogens is 424 g/mol. The summed E-state index contributed by atoms with van der Waals surface area (Å²) in [5.41, 5.74) is 5.59. The Morgan fingerprint density at radius 1 is 1.00 bits per heavy atom. The van der Waals surface area contributed by atoms with Crippen LogP contribution in [0.5, 0.6) is 11.5 Å². The predicted octanol–water partition coefficient (Wildman–Crippen LogP) is 4.35. The average molecular weight is 449 g/mol. The van der Waals surface area contributed by atoms with Crippen LogP contribution >= 0.6 is 15.9 Å². The molecule has 7 heteroatoms. The number of hydrogen-bond donors (Lipinski definition) is 2. The fraction of sp³-hybridized carbons (Fsp3) is 0.333. The molecule has 28 heavy (non-hydrogen) atoms. The summed E-state index contributed by atoms with van der Waals surface area (Å²) >= 11 is 3.41. The lowest BCUT2D eigenvalue weighted by atomic mass is 10.2. The van der Waals surface area contributed by atoms with Gasteiger partial charge in [0.1, 0.15) is 11.5 Å². The lowest BCUT2D eigenvalue weighted by Gasteiger charge is -2.13. The summed E-state index contributed by atoms with van der Waals surface area (Å²) in [6.07, 6.45) is 0.832. The Balaban J connectivity index is 1.98. The number of para-hydroxylation sites is 1. The van der Waals surface area contributed by atoms with Crippen LogP contribution in [0, 0.1) is 5.92 Å². The molecule has 0 saturated heterocycles. The Kier molecular flexibility index (Phi) is 8.32. The first-order valence-corrected chi connectivity index (χ1v) is 9.96. The van der Waals surface area contributed by atoms with Crippen LogP contribution < -0.4 is 20.3 Å². The molecule has 0 aliphatic heterocycles. The van der Waals surface area contributed by atoms with E-state index in [9.17, 15) is 9.59 Å². The van der Waals surface area contributed by atoms with Crippen LogP contribution in [-0.2, 0) is 0 Å². The van der Waals surface area contributed by atoms with E-state index in [0.29, 0.717) is 46.2 Å². The van der Waals surface area contributed by atoms with E-state index in [0.717, 1.165) is 6.42 Å². The smallest absolute Gasteiger partial charge is 0.273 e. The molecule has 150 valence electrons. The second kappa shape index (κ2) is 10.7. The number of rotatable bonds is 8. The van der Waals surface area contributed by atoms with Crippen molar-refractivity contribution in [3.63, 3.8) is 0 Å². The number of halogens is 1. The second-order valence-electron chi connectivity index (χ2n) is 6.60. The van der Waals surface area contributed by atoms with Crippen molar-refractivity contribution in [2.45, 2.75) is 27.2 Å². The summed E-state index contributed by atoms with van der Waals surface area (Å²) in [7, 11) is 0. The Bertz CT molecular complexity index is 824. The van der Waals surface area contributed by atoms with Gasteiger partial charge >= 0.3 is 0 Å². The van der Waals surface area contributed by atoms with E-state index in [1.165, 1.54) is 0 Å². The van der Waals surface area contributed by atoms with E-state index in [-0.39, 0.29) is 0 Å². The first-order valence-electron chi connectivity index (χ1n) is 9.17. The van der Waals surface area contributed by atoms with E-state index < -0.39 is 11.8 Å². The third kappa shape index (κ3) is 6.27. The SMILES string of the molecule is CCCOc1ccccc1C(=O)NNC(=O)c1ccc(OCC(C)C)c(Br)c1. The van der Waals surface area contributed by atoms with Gasteiger partial charge in [0.15, 0.2) is 0 Å². The summed E-state index contributed by atoms with van der Waals surface area (Å²) in [5.74, 6) is 0.656. The molecule has 2 aromatic carbocycles. The summed E-state index contributed by atoms with van der Waals surface area (Å²) in [6, 6.07) is 11.9. The minimum Gasteiger partial charge on any atom is -0.493 e. The van der Waals surface area contributed by atoms with Gasteiger partial charge in [-0.2, -0.15) is 0 Å². The van der Waals surface area contributed by atoms with Crippen molar-refractivity contribution in [2.75, 3.05) is 13.2 Å². The van der Waals surface area contributed by atoms with Crippen molar-refractivity contribution in [1.29, 1.82) is 0 Å². The highest BCUT2D eigenvalue weighted by atomic mass is 79.9. The molecular formula is C21H25BrN2O4. The zero-order valence-corrected chi connectivity index (χ0v) is 17.8. The van der Waals surface area contributed by atoms with Gasteiger partial charge < -0.3 is 9.47 Å². The number of carbonyl (C=O) groups excluding carboxylic acids is 2. The minimum atomic E-state index is -0.448. The van der Waals surface area contributed by atoms with Gasteiger partial charge in [0.2, 0.25) is 0 Å². The Morgan fingerprint density at radius 2 is 1.71 bits per heavy atom. The monoisotopic (exact) mass is 448 g/mol. The van der Waals surface area contributed by atoms with Crippen LogP contribution in [-0.4, -0.2) is 25.0 Å². The van der Waals surface area contributed by atoms with E-state index in [4.69, 9.17) is 9.47 Å². The molecule has 0 atom stereocenters. The fourth-order valence-corrected chi connectivity index (χ4v) is 2.75. The summed E-state index contributed by atoms with van der Waals surface area (Å²) in [6.45, 7) is 7.20. The van der Waals surface area contributed by atoms with Gasteiger partial charge in [-0.25, -0.2) is 0 Å². The molecule has 0 spiro atoms.